The number of para-hydroxylation sites is 1. The van der Waals surface area contributed by atoms with Crippen molar-refractivity contribution in [3.8, 4) is 17.0 Å². The van der Waals surface area contributed by atoms with Crippen molar-refractivity contribution in [1.29, 1.82) is 0 Å². The zero-order valence-corrected chi connectivity index (χ0v) is 21.8. The van der Waals surface area contributed by atoms with E-state index in [9.17, 15) is 13.2 Å². The number of aromatic nitrogens is 1. The smallest absolute Gasteiger partial charge is 0.262 e. The van der Waals surface area contributed by atoms with Crippen LogP contribution in [0.2, 0.25) is 0 Å². The number of ether oxygens (including phenoxy) is 1. The minimum atomic E-state index is -3.83. The number of amidine groups is 1. The van der Waals surface area contributed by atoms with Crippen LogP contribution in [0.15, 0.2) is 88.8 Å². The van der Waals surface area contributed by atoms with Gasteiger partial charge in [-0.3, -0.25) is 14.5 Å². The number of carbonyl (C=O) groups excluding carboxylic acids is 1. The van der Waals surface area contributed by atoms with Crippen LogP contribution in [0.3, 0.4) is 0 Å². The van der Waals surface area contributed by atoms with Crippen LogP contribution in [0, 0.1) is 0 Å². The molecule has 5 rings (SSSR count). The molecule has 9 heteroatoms. The van der Waals surface area contributed by atoms with Crippen LogP contribution in [-0.2, 0) is 10.0 Å². The molecule has 0 saturated carbocycles. The Morgan fingerprint density at radius 2 is 1.74 bits per heavy atom. The third-order valence-corrected chi connectivity index (χ3v) is 7.75. The van der Waals surface area contributed by atoms with Gasteiger partial charge in [0, 0.05) is 29.6 Å². The SMILES string of the molecule is COc1ccc(-c2cc(C(=O)Nc3cccc(S(=O)(=O)NC4=NCCCCC4)c3)c3ccccc3n2)cc1. The van der Waals surface area contributed by atoms with Crippen LogP contribution in [0.1, 0.15) is 36.0 Å². The van der Waals surface area contributed by atoms with E-state index in [1.54, 1.807) is 25.3 Å². The van der Waals surface area contributed by atoms with Crippen LogP contribution in [-0.4, -0.2) is 38.8 Å². The first-order valence-electron chi connectivity index (χ1n) is 12.4. The second-order valence-corrected chi connectivity index (χ2v) is 10.7. The standard InChI is InChI=1S/C29H28N4O4S/c1-37-22-15-13-20(14-16-22)27-19-25(24-10-4-5-11-26(24)32-27)29(34)31-21-8-7-9-23(18-21)38(35,36)33-28-12-3-2-6-17-30-28/h4-5,7-11,13-16,18-19H,2-3,6,12,17H2,1H3,(H,30,33)(H,31,34). The summed E-state index contributed by atoms with van der Waals surface area (Å²) in [5.41, 5.74) is 2.95. The summed E-state index contributed by atoms with van der Waals surface area (Å²) in [6, 6.07) is 22.8. The summed E-state index contributed by atoms with van der Waals surface area (Å²) in [5.74, 6) is 0.836. The van der Waals surface area contributed by atoms with E-state index in [1.807, 2.05) is 48.5 Å². The Morgan fingerprint density at radius 3 is 2.55 bits per heavy atom. The van der Waals surface area contributed by atoms with Crippen molar-refractivity contribution in [2.75, 3.05) is 19.0 Å². The van der Waals surface area contributed by atoms with Gasteiger partial charge in [-0.05, 0) is 67.4 Å². The number of methoxy groups -OCH3 is 1. The normalized spacial score (nSPS) is 13.9. The van der Waals surface area contributed by atoms with Gasteiger partial charge in [-0.15, -0.1) is 0 Å². The Hall–Kier alpha value is -4.24. The van der Waals surface area contributed by atoms with Crippen molar-refractivity contribution >= 4 is 38.4 Å². The van der Waals surface area contributed by atoms with Crippen molar-refractivity contribution in [2.45, 2.75) is 30.6 Å². The van der Waals surface area contributed by atoms with Crippen LogP contribution in [0.4, 0.5) is 5.69 Å². The second-order valence-electron chi connectivity index (χ2n) is 9.03. The maximum atomic E-state index is 13.5. The molecule has 0 unspecified atom stereocenters. The molecule has 2 heterocycles. The van der Waals surface area contributed by atoms with Crippen LogP contribution in [0.5, 0.6) is 5.75 Å². The maximum Gasteiger partial charge on any atom is 0.262 e. The van der Waals surface area contributed by atoms with Crippen LogP contribution < -0.4 is 14.8 Å². The van der Waals surface area contributed by atoms with Crippen molar-refractivity contribution in [3.63, 3.8) is 0 Å². The van der Waals surface area contributed by atoms with E-state index < -0.39 is 10.0 Å². The van der Waals surface area contributed by atoms with Crippen molar-refractivity contribution in [3.05, 3.63) is 84.4 Å². The van der Waals surface area contributed by atoms with E-state index in [0.717, 1.165) is 30.6 Å². The number of fused-ring (bicyclic) bond motifs is 1. The molecular formula is C29H28N4O4S. The van der Waals surface area contributed by atoms with E-state index >= 15 is 0 Å². The fraction of sp³-hybridized carbons (Fsp3) is 0.207. The van der Waals surface area contributed by atoms with E-state index in [-0.39, 0.29) is 10.8 Å². The van der Waals surface area contributed by atoms with Gasteiger partial charge in [0.25, 0.3) is 15.9 Å². The number of nitrogens with one attached hydrogen (secondary N) is 2. The second kappa shape index (κ2) is 11.0. The zero-order chi connectivity index (χ0) is 26.5. The maximum absolute atomic E-state index is 13.5. The van der Waals surface area contributed by atoms with Gasteiger partial charge in [-0.1, -0.05) is 30.7 Å². The summed E-state index contributed by atoms with van der Waals surface area (Å²) in [5, 5.41) is 3.56. The Bertz CT molecular complexity index is 1620. The van der Waals surface area contributed by atoms with E-state index in [1.165, 1.54) is 12.1 Å². The molecule has 1 amide bonds. The number of nitrogens with zero attached hydrogens (tertiary/aromatic N) is 2. The average Bonchev–Trinajstić information content (AvgIpc) is 3.21. The van der Waals surface area contributed by atoms with Crippen molar-refractivity contribution < 1.29 is 17.9 Å². The number of amides is 1. The average molecular weight is 529 g/mol. The molecule has 1 aliphatic rings. The highest BCUT2D eigenvalue weighted by Crippen LogP contribution is 2.27. The van der Waals surface area contributed by atoms with Gasteiger partial charge < -0.3 is 10.1 Å². The van der Waals surface area contributed by atoms with Gasteiger partial charge in [0.15, 0.2) is 0 Å². The first kappa shape index (κ1) is 25.4. The van der Waals surface area contributed by atoms with Crippen molar-refractivity contribution in [1.82, 2.24) is 9.71 Å². The summed E-state index contributed by atoms with van der Waals surface area (Å²) >= 11 is 0. The third-order valence-electron chi connectivity index (χ3n) is 6.38. The largest absolute Gasteiger partial charge is 0.497 e. The summed E-state index contributed by atoms with van der Waals surface area (Å²) in [7, 11) is -2.23. The van der Waals surface area contributed by atoms with Gasteiger partial charge in [-0.25, -0.2) is 13.4 Å². The summed E-state index contributed by atoms with van der Waals surface area (Å²) in [6.45, 7) is 0.617. The Kier molecular flexibility index (Phi) is 7.37. The molecule has 38 heavy (non-hydrogen) atoms. The molecule has 3 aromatic carbocycles. The number of anilines is 1. The molecule has 1 aromatic heterocycles. The molecule has 0 radical (unpaired) electrons. The van der Waals surface area contributed by atoms with Gasteiger partial charge in [0.05, 0.1) is 28.8 Å². The van der Waals surface area contributed by atoms with Gasteiger partial charge in [0.2, 0.25) is 0 Å². The highest BCUT2D eigenvalue weighted by atomic mass is 32.2. The fourth-order valence-electron chi connectivity index (χ4n) is 4.38. The number of sulfonamides is 1. The summed E-state index contributed by atoms with van der Waals surface area (Å²) in [6.07, 6.45) is 3.48. The highest BCUT2D eigenvalue weighted by Gasteiger charge is 2.19. The number of rotatable bonds is 6. The molecule has 0 fully saturated rings. The van der Waals surface area contributed by atoms with E-state index in [2.05, 4.69) is 15.0 Å². The van der Waals surface area contributed by atoms with E-state index in [4.69, 9.17) is 9.72 Å². The molecule has 8 nitrogen and oxygen atoms in total. The Morgan fingerprint density at radius 1 is 0.921 bits per heavy atom. The van der Waals surface area contributed by atoms with E-state index in [0.29, 0.717) is 46.6 Å². The van der Waals surface area contributed by atoms with Gasteiger partial charge >= 0.3 is 0 Å². The molecule has 4 aromatic rings. The Labute approximate surface area is 221 Å². The highest BCUT2D eigenvalue weighted by molar-refractivity contribution is 7.90. The molecule has 2 N–H and O–H groups in total. The minimum Gasteiger partial charge on any atom is -0.497 e. The molecule has 1 aliphatic heterocycles. The fourth-order valence-corrected chi connectivity index (χ4v) is 5.52. The third kappa shape index (κ3) is 5.68. The monoisotopic (exact) mass is 528 g/mol. The Balaban J connectivity index is 1.43. The molecule has 0 bridgehead atoms. The quantitative estimate of drug-likeness (QED) is 0.348. The lowest BCUT2D eigenvalue weighted by atomic mass is 10.0. The molecule has 0 saturated heterocycles. The predicted octanol–water partition coefficient (Wildman–Crippen LogP) is 5.41. The number of pyridine rings is 1. The number of aliphatic imine (C=N–C) groups is 1. The molecule has 0 aliphatic carbocycles. The molecule has 0 spiro atoms. The minimum absolute atomic E-state index is 0.0563. The lowest BCUT2D eigenvalue weighted by Crippen LogP contribution is -2.30. The predicted molar refractivity (Wildman–Crippen MR) is 149 cm³/mol. The van der Waals surface area contributed by atoms with Gasteiger partial charge in [-0.2, -0.15) is 0 Å². The topological polar surface area (TPSA) is 110 Å². The first-order valence-corrected chi connectivity index (χ1v) is 13.9. The number of benzene rings is 3. The van der Waals surface area contributed by atoms with Gasteiger partial charge in [0.1, 0.15) is 11.6 Å². The number of hydrogen-bond acceptors (Lipinski definition) is 6. The summed E-state index contributed by atoms with van der Waals surface area (Å²) < 4.78 is 33.9. The lowest BCUT2D eigenvalue weighted by molar-refractivity contribution is 0.102. The van der Waals surface area contributed by atoms with Crippen LogP contribution in [0.25, 0.3) is 22.2 Å². The zero-order valence-electron chi connectivity index (χ0n) is 21.0. The molecule has 194 valence electrons. The van der Waals surface area contributed by atoms with Crippen LogP contribution >= 0.6 is 0 Å². The first-order chi connectivity index (χ1) is 18.4. The lowest BCUT2D eigenvalue weighted by Gasteiger charge is -2.13. The summed E-state index contributed by atoms with van der Waals surface area (Å²) in [4.78, 5) is 22.6. The molecule has 0 atom stereocenters. The number of carbonyl (C=O) groups is 1. The molecular weight excluding hydrogens is 500 g/mol. The number of hydrogen-bond donors (Lipinski definition) is 2. The van der Waals surface area contributed by atoms with Crippen molar-refractivity contribution in [2.24, 2.45) is 4.99 Å².